The van der Waals surface area contributed by atoms with Gasteiger partial charge in [0.05, 0.1) is 5.69 Å². The zero-order valence-electron chi connectivity index (χ0n) is 20.0. The average Bonchev–Trinajstić information content (AvgIpc) is 3.69. The van der Waals surface area contributed by atoms with Crippen LogP contribution in [0.5, 0.6) is 0 Å². The highest BCUT2D eigenvalue weighted by atomic mass is 16.3. The molecule has 180 valence electrons. The monoisotopic (exact) mass is 493 g/mol. The minimum absolute atomic E-state index is 0.114. The highest BCUT2D eigenvalue weighted by Crippen LogP contribution is 2.39. The van der Waals surface area contributed by atoms with Gasteiger partial charge in [-0.05, 0) is 42.5 Å². The van der Waals surface area contributed by atoms with Crippen LogP contribution in [0.4, 0.5) is 5.82 Å². The highest BCUT2D eigenvalue weighted by molar-refractivity contribution is 5.90. The Morgan fingerprint density at radius 3 is 2.05 bits per heavy atom. The van der Waals surface area contributed by atoms with Crippen molar-refractivity contribution in [3.63, 3.8) is 0 Å². The van der Waals surface area contributed by atoms with Gasteiger partial charge < -0.3 is 14.6 Å². The molecule has 0 bridgehead atoms. The largest absolute Gasteiger partial charge is 0.454 e. The Labute approximate surface area is 217 Å². The molecule has 0 saturated heterocycles. The van der Waals surface area contributed by atoms with E-state index in [1.165, 1.54) is 0 Å². The van der Waals surface area contributed by atoms with Crippen LogP contribution in [0.1, 0.15) is 5.56 Å². The topological polar surface area (TPSA) is 107 Å². The molecule has 0 unspecified atom stereocenters. The van der Waals surface area contributed by atoms with Gasteiger partial charge in [-0.25, -0.2) is 9.67 Å². The summed E-state index contributed by atoms with van der Waals surface area (Å²) in [7, 11) is 0. The predicted molar refractivity (Wildman–Crippen MR) is 146 cm³/mol. The summed E-state index contributed by atoms with van der Waals surface area (Å²) in [5, 5.41) is 16.9. The molecule has 38 heavy (non-hydrogen) atoms. The van der Waals surface area contributed by atoms with Gasteiger partial charge in [-0.1, -0.05) is 54.6 Å². The van der Waals surface area contributed by atoms with Crippen LogP contribution in [0.15, 0.2) is 112 Å². The van der Waals surface area contributed by atoms with Crippen molar-refractivity contribution in [1.29, 1.82) is 5.26 Å². The quantitative estimate of drug-likeness (QED) is 0.277. The van der Waals surface area contributed by atoms with E-state index in [0.29, 0.717) is 34.0 Å². The molecule has 0 radical (unpaired) electrons. The predicted octanol–water partition coefficient (Wildman–Crippen LogP) is 7.21. The number of fused-ring (bicyclic) bond motifs is 2. The van der Waals surface area contributed by atoms with Crippen molar-refractivity contribution in [2.24, 2.45) is 0 Å². The Morgan fingerprint density at radius 1 is 0.737 bits per heavy atom. The van der Waals surface area contributed by atoms with Gasteiger partial charge in [-0.2, -0.15) is 10.4 Å². The Morgan fingerprint density at radius 2 is 1.37 bits per heavy atom. The smallest absolute Gasteiger partial charge is 0.156 e. The third-order valence-corrected chi connectivity index (χ3v) is 6.52. The average molecular weight is 494 g/mol. The summed E-state index contributed by atoms with van der Waals surface area (Å²) in [6.45, 7) is 0. The van der Waals surface area contributed by atoms with Crippen molar-refractivity contribution >= 4 is 27.8 Å². The fraction of sp³-hybridized carbons (Fsp3) is 0. The van der Waals surface area contributed by atoms with E-state index in [4.69, 9.17) is 19.7 Å². The SMILES string of the molecule is N#Cc1c(-c2cn(-c3ccccc3)nc2-c2cc3ccccc3o2)cc(-c2cc3ccccc3o2)nc1N. The number of nitrogens with two attached hydrogens (primary N) is 1. The van der Waals surface area contributed by atoms with Gasteiger partial charge in [0.25, 0.3) is 0 Å². The van der Waals surface area contributed by atoms with Crippen LogP contribution in [0.2, 0.25) is 0 Å². The van der Waals surface area contributed by atoms with Gasteiger partial charge in [0.1, 0.15) is 40.0 Å². The lowest BCUT2D eigenvalue weighted by molar-refractivity contribution is 0.627. The molecule has 0 fully saturated rings. The number of anilines is 1. The van der Waals surface area contributed by atoms with Gasteiger partial charge in [0.2, 0.25) is 0 Å². The minimum atomic E-state index is 0.114. The summed E-state index contributed by atoms with van der Waals surface area (Å²) >= 11 is 0. The Kier molecular flexibility index (Phi) is 4.85. The summed E-state index contributed by atoms with van der Waals surface area (Å²) in [4.78, 5) is 4.51. The van der Waals surface area contributed by atoms with Crippen molar-refractivity contribution in [1.82, 2.24) is 14.8 Å². The second kappa shape index (κ2) is 8.50. The lowest BCUT2D eigenvalue weighted by atomic mass is 9.99. The Balaban J connectivity index is 1.48. The molecule has 7 nitrogen and oxygen atoms in total. The molecule has 2 N–H and O–H groups in total. The number of hydrogen-bond donors (Lipinski definition) is 1. The Hall–Kier alpha value is -5.61. The number of hydrogen-bond acceptors (Lipinski definition) is 6. The molecule has 0 aliphatic rings. The van der Waals surface area contributed by atoms with E-state index in [1.807, 2.05) is 103 Å². The van der Waals surface area contributed by atoms with Crippen molar-refractivity contribution in [3.8, 4) is 45.8 Å². The van der Waals surface area contributed by atoms with Gasteiger partial charge in [0.15, 0.2) is 11.5 Å². The number of nitrogens with zero attached hydrogens (tertiary/aromatic N) is 4. The number of para-hydroxylation sites is 3. The molecule has 0 amide bonds. The molecule has 3 aromatic carbocycles. The van der Waals surface area contributed by atoms with Crippen molar-refractivity contribution in [2.45, 2.75) is 0 Å². The normalized spacial score (nSPS) is 11.2. The molecule has 0 atom stereocenters. The summed E-state index contributed by atoms with van der Waals surface area (Å²) in [5.41, 5.74) is 11.4. The Bertz CT molecular complexity index is 1940. The lowest BCUT2D eigenvalue weighted by Crippen LogP contribution is -1.99. The molecule has 0 saturated carbocycles. The van der Waals surface area contributed by atoms with Crippen molar-refractivity contribution in [3.05, 3.63) is 109 Å². The number of rotatable bonds is 4. The molecular formula is C31H19N5O2. The van der Waals surface area contributed by atoms with E-state index >= 15 is 0 Å². The summed E-state index contributed by atoms with van der Waals surface area (Å²) in [5.74, 6) is 1.26. The highest BCUT2D eigenvalue weighted by Gasteiger charge is 2.23. The number of pyridine rings is 1. The number of aromatic nitrogens is 3. The molecule has 7 aromatic rings. The van der Waals surface area contributed by atoms with Gasteiger partial charge >= 0.3 is 0 Å². The van der Waals surface area contributed by atoms with E-state index in [2.05, 4.69) is 11.1 Å². The zero-order valence-corrected chi connectivity index (χ0v) is 20.0. The number of furan rings is 2. The maximum atomic E-state index is 10.1. The molecule has 0 aliphatic heterocycles. The molecule has 0 aliphatic carbocycles. The zero-order chi connectivity index (χ0) is 25.6. The van der Waals surface area contributed by atoms with Crippen LogP contribution in [0.25, 0.3) is 61.7 Å². The van der Waals surface area contributed by atoms with Crippen LogP contribution in [0, 0.1) is 11.3 Å². The number of nitrogen functional groups attached to an aromatic ring is 1. The van der Waals surface area contributed by atoms with E-state index in [-0.39, 0.29) is 11.4 Å². The van der Waals surface area contributed by atoms with Gasteiger partial charge in [-0.3, -0.25) is 0 Å². The standard InChI is InChI=1S/C31H19N5O2/c32-17-23-22(16-25(34-31(23)33)28-14-19-8-4-6-12-26(19)37-28)24-18-36(21-10-2-1-3-11-21)35-30(24)29-15-20-9-5-7-13-27(20)38-29/h1-16,18H,(H2,33,34). The fourth-order valence-corrected chi connectivity index (χ4v) is 4.69. The fourth-order valence-electron chi connectivity index (χ4n) is 4.69. The second-order valence-corrected chi connectivity index (χ2v) is 8.90. The first-order chi connectivity index (χ1) is 18.7. The first kappa shape index (κ1) is 21.7. The van der Waals surface area contributed by atoms with E-state index < -0.39 is 0 Å². The first-order valence-electron chi connectivity index (χ1n) is 12.0. The van der Waals surface area contributed by atoms with Crippen molar-refractivity contribution < 1.29 is 8.83 Å². The van der Waals surface area contributed by atoms with E-state index in [9.17, 15) is 5.26 Å². The number of benzene rings is 3. The van der Waals surface area contributed by atoms with Crippen LogP contribution >= 0.6 is 0 Å². The number of nitriles is 1. The lowest BCUT2D eigenvalue weighted by Gasteiger charge is -2.08. The molecule has 4 aromatic heterocycles. The maximum Gasteiger partial charge on any atom is 0.156 e. The van der Waals surface area contributed by atoms with Crippen LogP contribution in [-0.4, -0.2) is 14.8 Å². The van der Waals surface area contributed by atoms with Gasteiger partial charge in [-0.15, -0.1) is 0 Å². The second-order valence-electron chi connectivity index (χ2n) is 8.90. The third-order valence-electron chi connectivity index (χ3n) is 6.52. The molecule has 4 heterocycles. The van der Waals surface area contributed by atoms with E-state index in [0.717, 1.165) is 27.6 Å². The summed E-state index contributed by atoms with van der Waals surface area (Å²) in [6, 6.07) is 33.2. The van der Waals surface area contributed by atoms with Gasteiger partial charge in [0, 0.05) is 28.1 Å². The first-order valence-corrected chi connectivity index (χ1v) is 12.0. The molecule has 0 spiro atoms. The summed E-state index contributed by atoms with van der Waals surface area (Å²) in [6.07, 6.45) is 1.88. The van der Waals surface area contributed by atoms with E-state index in [1.54, 1.807) is 4.68 Å². The van der Waals surface area contributed by atoms with Crippen LogP contribution in [0.3, 0.4) is 0 Å². The molecule has 7 rings (SSSR count). The maximum absolute atomic E-state index is 10.1. The minimum Gasteiger partial charge on any atom is -0.454 e. The van der Waals surface area contributed by atoms with Crippen LogP contribution in [-0.2, 0) is 0 Å². The third kappa shape index (κ3) is 3.52. The van der Waals surface area contributed by atoms with Crippen molar-refractivity contribution in [2.75, 3.05) is 5.73 Å². The molecular weight excluding hydrogens is 474 g/mol. The molecule has 7 heteroatoms. The summed E-state index contributed by atoms with van der Waals surface area (Å²) < 4.78 is 14.0. The van der Waals surface area contributed by atoms with Crippen LogP contribution < -0.4 is 5.73 Å².